The van der Waals surface area contributed by atoms with E-state index in [1.54, 1.807) is 32.3 Å². The van der Waals surface area contributed by atoms with Gasteiger partial charge in [0.15, 0.2) is 0 Å². The number of allylic oxidation sites excluding steroid dienone is 2. The maximum Gasteiger partial charge on any atom is 0.330 e. The Kier molecular flexibility index (Phi) is 16.0. The number of esters is 1. The first-order chi connectivity index (χ1) is 18.6. The smallest absolute Gasteiger partial charge is 0.330 e. The van der Waals surface area contributed by atoms with Crippen LogP contribution < -0.4 is 5.32 Å². The fourth-order valence-corrected chi connectivity index (χ4v) is 5.18. The molecule has 8 nitrogen and oxygen atoms in total. The molecule has 1 rings (SSSR count). The van der Waals surface area contributed by atoms with Crippen molar-refractivity contribution in [2.24, 2.45) is 23.7 Å². The summed E-state index contributed by atoms with van der Waals surface area (Å²) >= 11 is 0. The maximum atomic E-state index is 13.2. The number of imide groups is 1. The van der Waals surface area contributed by atoms with Gasteiger partial charge in [-0.1, -0.05) is 45.6 Å². The van der Waals surface area contributed by atoms with Crippen molar-refractivity contribution in [2.45, 2.75) is 90.4 Å². The van der Waals surface area contributed by atoms with E-state index >= 15 is 0 Å². The molecular weight excluding hydrogens is 498 g/mol. The second-order valence-corrected chi connectivity index (χ2v) is 10.5. The maximum absolute atomic E-state index is 13.2. The van der Waals surface area contributed by atoms with Crippen molar-refractivity contribution < 1.29 is 33.4 Å². The van der Waals surface area contributed by atoms with E-state index in [1.807, 2.05) is 13.8 Å². The average molecular weight is 546 g/mol. The third-order valence-corrected chi connectivity index (χ3v) is 7.25. The summed E-state index contributed by atoms with van der Waals surface area (Å²) in [7, 11) is 1.58. The van der Waals surface area contributed by atoms with Crippen LogP contribution in [0.3, 0.4) is 0 Å². The Balaban J connectivity index is 2.94. The topological polar surface area (TPSA) is 108 Å². The number of ketones is 1. The van der Waals surface area contributed by atoms with Gasteiger partial charge < -0.3 is 14.2 Å². The monoisotopic (exact) mass is 545 g/mol. The fraction of sp³-hybridized carbons (Fsp3) is 0.613. The van der Waals surface area contributed by atoms with E-state index in [4.69, 9.17) is 14.2 Å². The molecule has 2 unspecified atom stereocenters. The zero-order chi connectivity index (χ0) is 29.4. The lowest BCUT2D eigenvalue weighted by atomic mass is 9.81. The van der Waals surface area contributed by atoms with Gasteiger partial charge in [0.05, 0.1) is 12.2 Å². The van der Waals surface area contributed by atoms with Crippen LogP contribution in [-0.4, -0.2) is 49.0 Å². The van der Waals surface area contributed by atoms with E-state index in [2.05, 4.69) is 25.1 Å². The first kappa shape index (κ1) is 34.0. The van der Waals surface area contributed by atoms with Gasteiger partial charge in [0.2, 0.25) is 11.8 Å². The molecule has 0 saturated carbocycles. The van der Waals surface area contributed by atoms with E-state index in [0.29, 0.717) is 38.5 Å². The lowest BCUT2D eigenvalue weighted by molar-refractivity contribution is -0.152. The van der Waals surface area contributed by atoms with Gasteiger partial charge >= 0.3 is 5.97 Å². The van der Waals surface area contributed by atoms with Gasteiger partial charge in [-0.3, -0.25) is 19.7 Å². The van der Waals surface area contributed by atoms with Crippen LogP contribution in [0, 0.1) is 23.7 Å². The summed E-state index contributed by atoms with van der Waals surface area (Å²) in [5.41, 5.74) is 0. The van der Waals surface area contributed by atoms with Gasteiger partial charge in [0.1, 0.15) is 24.1 Å². The molecule has 218 valence electrons. The molecule has 0 aliphatic carbocycles. The number of piperidine rings is 1. The summed E-state index contributed by atoms with van der Waals surface area (Å²) in [6.45, 7) is 16.9. The Morgan fingerprint density at radius 3 is 2.23 bits per heavy atom. The van der Waals surface area contributed by atoms with Crippen LogP contribution in [0.25, 0.3) is 0 Å². The van der Waals surface area contributed by atoms with E-state index in [9.17, 15) is 19.2 Å². The third kappa shape index (κ3) is 12.2. The number of hydrogen-bond acceptors (Lipinski definition) is 7. The molecule has 0 radical (unpaired) electrons. The van der Waals surface area contributed by atoms with Crippen LogP contribution >= 0.6 is 0 Å². The van der Waals surface area contributed by atoms with Crippen molar-refractivity contribution in [3.05, 3.63) is 50.3 Å². The second-order valence-electron chi connectivity index (χ2n) is 10.5. The molecule has 0 aromatic rings. The Labute approximate surface area is 233 Å². The fourth-order valence-electron chi connectivity index (χ4n) is 5.18. The quantitative estimate of drug-likeness (QED) is 0.0556. The average Bonchev–Trinajstić information content (AvgIpc) is 2.88. The van der Waals surface area contributed by atoms with Crippen molar-refractivity contribution in [3.63, 3.8) is 0 Å². The molecule has 0 bridgehead atoms. The van der Waals surface area contributed by atoms with Gasteiger partial charge in [-0.15, -0.1) is 13.2 Å². The van der Waals surface area contributed by atoms with Crippen LogP contribution in [0.15, 0.2) is 50.3 Å². The Morgan fingerprint density at radius 1 is 1.03 bits per heavy atom. The predicted molar refractivity (Wildman–Crippen MR) is 151 cm³/mol. The van der Waals surface area contributed by atoms with Gasteiger partial charge in [0, 0.05) is 32.4 Å². The highest BCUT2D eigenvalue weighted by Gasteiger charge is 2.35. The van der Waals surface area contributed by atoms with Crippen molar-refractivity contribution in [1.82, 2.24) is 5.32 Å². The number of Topliss-reactive ketones (excluding diaryl/α,β-unsaturated/α-hetero) is 1. The number of amides is 2. The number of carbonyl (C=O) groups is 4. The number of methoxy groups -OCH3 is 1. The molecule has 1 heterocycles. The predicted octanol–water partition coefficient (Wildman–Crippen LogP) is 5.24. The summed E-state index contributed by atoms with van der Waals surface area (Å²) in [5.74, 6) is -1.82. The molecule has 1 N–H and O–H groups in total. The molecule has 39 heavy (non-hydrogen) atoms. The SMILES string of the molecule is C=CCC/C=C/C(=O)O[C@@H](C(C)C[C@@H](C)[C@H](OC=C)C(C=C)OC)[C@H](C)C(=O)CCCC1CC(=O)NC(=O)C1. The standard InChI is InChI=1S/C31H47NO7/c1-8-11-12-13-17-29(36)39-30(21(4)18-22(5)31(38-10-3)26(9-2)37-7)23(6)25(33)16-14-15-24-19-27(34)32-28(35)20-24/h8-10,13,17,21-24,26,30-31H,1-3,11-12,14-16,18-20H2,4-7H3,(H,32,34,35)/b17-13+/t21?,22-,23-,26?,30+,31+/m1/s1. The summed E-state index contributed by atoms with van der Waals surface area (Å²) in [6, 6.07) is 0. The summed E-state index contributed by atoms with van der Waals surface area (Å²) in [4.78, 5) is 49.2. The van der Waals surface area contributed by atoms with Crippen LogP contribution in [0.2, 0.25) is 0 Å². The number of hydrogen-bond donors (Lipinski definition) is 1. The van der Waals surface area contributed by atoms with Crippen molar-refractivity contribution in [1.29, 1.82) is 0 Å². The van der Waals surface area contributed by atoms with Gasteiger partial charge in [0.25, 0.3) is 0 Å². The molecular formula is C31H47NO7. The minimum Gasteiger partial charge on any atom is -0.495 e. The van der Waals surface area contributed by atoms with E-state index in [1.165, 1.54) is 12.3 Å². The Hall–Kier alpha value is -3.00. The number of rotatable bonds is 20. The van der Waals surface area contributed by atoms with Crippen molar-refractivity contribution in [2.75, 3.05) is 7.11 Å². The Morgan fingerprint density at radius 2 is 1.67 bits per heavy atom. The Bertz CT molecular complexity index is 864. The molecule has 0 spiro atoms. The van der Waals surface area contributed by atoms with Crippen LogP contribution in [-0.2, 0) is 33.4 Å². The van der Waals surface area contributed by atoms with Crippen LogP contribution in [0.4, 0.5) is 0 Å². The minimum atomic E-state index is -0.646. The summed E-state index contributed by atoms with van der Waals surface area (Å²) < 4.78 is 17.1. The normalized spacial score (nSPS) is 18.8. The van der Waals surface area contributed by atoms with Crippen LogP contribution in [0.5, 0.6) is 0 Å². The molecule has 1 fully saturated rings. The molecule has 8 heteroatoms. The van der Waals surface area contributed by atoms with Gasteiger partial charge in [-0.25, -0.2) is 4.79 Å². The molecule has 1 saturated heterocycles. The van der Waals surface area contributed by atoms with Gasteiger partial charge in [-0.05, 0) is 49.9 Å². The molecule has 6 atom stereocenters. The summed E-state index contributed by atoms with van der Waals surface area (Å²) in [6.07, 6.45) is 10.7. The largest absolute Gasteiger partial charge is 0.495 e. The molecule has 0 aromatic heterocycles. The number of ether oxygens (including phenoxy) is 3. The van der Waals surface area contributed by atoms with Crippen molar-refractivity contribution in [3.8, 4) is 0 Å². The van der Waals surface area contributed by atoms with E-state index in [-0.39, 0.29) is 54.0 Å². The molecule has 1 aliphatic heterocycles. The van der Waals surface area contributed by atoms with E-state index in [0.717, 1.165) is 6.42 Å². The highest BCUT2D eigenvalue weighted by atomic mass is 16.5. The van der Waals surface area contributed by atoms with E-state index < -0.39 is 18.0 Å². The molecule has 0 aromatic carbocycles. The van der Waals surface area contributed by atoms with Gasteiger partial charge in [-0.2, -0.15) is 0 Å². The first-order valence-corrected chi connectivity index (χ1v) is 13.8. The van der Waals surface area contributed by atoms with Crippen LogP contribution in [0.1, 0.15) is 72.1 Å². The third-order valence-electron chi connectivity index (χ3n) is 7.25. The second kappa shape index (κ2) is 18.3. The molecule has 2 amide bonds. The highest BCUT2D eigenvalue weighted by Crippen LogP contribution is 2.30. The minimum absolute atomic E-state index is 0.0192. The highest BCUT2D eigenvalue weighted by molar-refractivity contribution is 5.97. The zero-order valence-electron chi connectivity index (χ0n) is 24.1. The number of carbonyl (C=O) groups excluding carboxylic acids is 4. The molecule has 1 aliphatic rings. The first-order valence-electron chi connectivity index (χ1n) is 13.8. The number of unbranched alkanes of at least 4 members (excludes halogenated alkanes) is 1. The lowest BCUT2D eigenvalue weighted by Crippen LogP contribution is -2.40. The zero-order valence-corrected chi connectivity index (χ0v) is 24.1. The lowest BCUT2D eigenvalue weighted by Gasteiger charge is -2.34. The summed E-state index contributed by atoms with van der Waals surface area (Å²) in [5, 5.41) is 2.31. The number of nitrogens with one attached hydrogen (secondary N) is 1. The van der Waals surface area contributed by atoms with Crippen molar-refractivity contribution >= 4 is 23.6 Å².